The summed E-state index contributed by atoms with van der Waals surface area (Å²) in [6.07, 6.45) is 1.11. The summed E-state index contributed by atoms with van der Waals surface area (Å²) in [5.41, 5.74) is 2.90. The smallest absolute Gasteiger partial charge is 0.172 e. The van der Waals surface area contributed by atoms with E-state index in [1.165, 1.54) is 14.8 Å². The van der Waals surface area contributed by atoms with Gasteiger partial charge < -0.3 is 0 Å². The van der Waals surface area contributed by atoms with Gasteiger partial charge in [0, 0.05) is 0 Å². The Bertz CT molecular complexity index is 668. The van der Waals surface area contributed by atoms with E-state index in [2.05, 4.69) is 97.9 Å². The highest BCUT2D eigenvalue weighted by Gasteiger charge is 2.29. The van der Waals surface area contributed by atoms with Crippen LogP contribution in [0.25, 0.3) is 0 Å². The van der Waals surface area contributed by atoms with Gasteiger partial charge in [-0.3, -0.25) is 0 Å². The van der Waals surface area contributed by atoms with Crippen LogP contribution >= 0.6 is 60.8 Å². The molecular weight excluding hydrogens is 547 g/mol. The molecule has 5 heteroatoms. The Balaban J connectivity index is 0. The molecule has 0 radical (unpaired) electrons. The molecule has 3 aromatic rings. The van der Waals surface area contributed by atoms with Gasteiger partial charge in [0.1, 0.15) is 0 Å². The average molecular weight is 573 g/mol. The fourth-order valence-corrected chi connectivity index (χ4v) is 5.46. The van der Waals surface area contributed by atoms with Crippen molar-refractivity contribution < 1.29 is 0 Å². The normalized spacial score (nSPS) is 11.1. The third-order valence-electron chi connectivity index (χ3n) is 4.34. The van der Waals surface area contributed by atoms with Gasteiger partial charge in [0.15, 0.2) is 0 Å². The Morgan fingerprint density at radius 3 is 1.58 bits per heavy atom. The Morgan fingerprint density at radius 1 is 0.654 bits per heavy atom. The summed E-state index contributed by atoms with van der Waals surface area (Å²) >= 11 is -0.436. The summed E-state index contributed by atoms with van der Waals surface area (Å²) in [5.74, 6) is 0. The molecule has 0 aliphatic rings. The van der Waals surface area contributed by atoms with E-state index in [1.54, 1.807) is 0 Å². The van der Waals surface area contributed by atoms with E-state index in [0.29, 0.717) is 0 Å². The predicted molar refractivity (Wildman–Crippen MR) is 138 cm³/mol. The molecule has 0 aliphatic heterocycles. The van der Waals surface area contributed by atoms with Crippen molar-refractivity contribution in [1.82, 2.24) is 0 Å². The Hall–Kier alpha value is 0.296. The van der Waals surface area contributed by atoms with E-state index in [4.69, 9.17) is 0 Å². The van der Waals surface area contributed by atoms with Gasteiger partial charge in [-0.15, -0.1) is 50.9 Å². The highest BCUT2D eigenvalue weighted by Crippen LogP contribution is 2.27. The molecule has 3 aromatic carbocycles. The molecule has 0 amide bonds. The van der Waals surface area contributed by atoms with Crippen molar-refractivity contribution in [3.05, 3.63) is 102 Å². The first kappa shape index (κ1) is 28.5. The summed E-state index contributed by atoms with van der Waals surface area (Å²) in [4.78, 5) is 0. The van der Waals surface area contributed by atoms with Crippen molar-refractivity contribution in [2.24, 2.45) is 0 Å². The van der Waals surface area contributed by atoms with Gasteiger partial charge in [-0.05, 0) is 12.0 Å². The van der Waals surface area contributed by atoms with Gasteiger partial charge in [-0.1, -0.05) is 107 Å². The van der Waals surface area contributed by atoms with Crippen molar-refractivity contribution in [2.45, 2.75) is 16.9 Å². The van der Waals surface area contributed by atoms with E-state index >= 15 is 0 Å². The molecule has 3 rings (SSSR count). The molecule has 0 bridgehead atoms. The van der Waals surface area contributed by atoms with Gasteiger partial charge in [0.2, 0.25) is 0 Å². The minimum atomic E-state index is -0.436. The van der Waals surface area contributed by atoms with Crippen LogP contribution in [0.2, 0.25) is 0 Å². The molecule has 138 valence electrons. The molecule has 26 heavy (non-hydrogen) atoms. The third kappa shape index (κ3) is 8.12. The van der Waals surface area contributed by atoms with Crippen molar-refractivity contribution in [3.8, 4) is 0 Å². The van der Waals surface area contributed by atoms with Crippen LogP contribution in [0.3, 0.4) is 0 Å². The first-order chi connectivity index (χ1) is 10.8. The molecule has 0 heterocycles. The van der Waals surface area contributed by atoms with Crippen LogP contribution in [0.15, 0.2) is 91.0 Å². The lowest BCUT2D eigenvalue weighted by molar-refractivity contribution is 0.664. The Morgan fingerprint density at radius 2 is 1.08 bits per heavy atom. The quantitative estimate of drug-likeness (QED) is 0.261. The van der Waals surface area contributed by atoms with Gasteiger partial charge >= 0.3 is 20.4 Å². The van der Waals surface area contributed by atoms with E-state index in [0.717, 1.165) is 6.42 Å². The summed E-state index contributed by atoms with van der Waals surface area (Å²) in [7, 11) is 0. The Labute approximate surface area is 202 Å². The lowest BCUT2D eigenvalue weighted by Crippen LogP contribution is -2.39. The van der Waals surface area contributed by atoms with Crippen molar-refractivity contribution >= 4 is 84.9 Å². The topological polar surface area (TPSA) is 0 Å². The van der Waals surface area contributed by atoms with Crippen LogP contribution < -0.4 is 3.69 Å². The maximum absolute atomic E-state index is 2.44. The standard InChI is InChI=1S/C15H15.C6H5.3BrH.Mg.H3P/c1-13(15-10-6-3-7-11-15)12-14-8-4-2-5-9-14;1-2-4-6-5-3-1;;;;;/h2-11H,12H2,1H3;1-5H;3*1H;;1H3. The molecule has 0 aliphatic carbocycles. The summed E-state index contributed by atoms with van der Waals surface area (Å²) < 4.78 is 1.77. The molecule has 0 spiro atoms. The molecule has 0 aromatic heterocycles. The van der Waals surface area contributed by atoms with Crippen LogP contribution in [0.4, 0.5) is 0 Å². The lowest BCUT2D eigenvalue weighted by Gasteiger charge is -2.31. The zero-order chi connectivity index (χ0) is 15.3. The second kappa shape index (κ2) is 14.3. The van der Waals surface area contributed by atoms with Crippen molar-refractivity contribution in [1.29, 1.82) is 0 Å². The predicted octanol–water partition coefficient (Wildman–Crippen LogP) is 5.97. The maximum atomic E-state index is 2.44. The highest BCUT2D eigenvalue weighted by molar-refractivity contribution is 8.93. The SMILES string of the molecule is Br.Br.Br.C[C](Cc1ccccc1)([Mg][c]1ccccc1)c1ccccc1.P. The van der Waals surface area contributed by atoms with E-state index < -0.39 is 20.4 Å². The second-order valence-electron chi connectivity index (χ2n) is 6.25. The maximum Gasteiger partial charge on any atom is 0.424 e. The van der Waals surface area contributed by atoms with Crippen LogP contribution in [0.5, 0.6) is 0 Å². The average Bonchev–Trinajstić information content (AvgIpc) is 2.57. The lowest BCUT2D eigenvalue weighted by atomic mass is 9.92. The minimum Gasteiger partial charge on any atom is -0.172 e. The van der Waals surface area contributed by atoms with Crippen molar-refractivity contribution in [2.75, 3.05) is 0 Å². The second-order valence-corrected chi connectivity index (χ2v) is 8.98. The fraction of sp³-hybridized carbons (Fsp3) is 0.143. The fourth-order valence-electron chi connectivity index (χ4n) is 3.20. The van der Waals surface area contributed by atoms with Crippen LogP contribution in [-0.2, 0) is 9.97 Å². The molecule has 0 nitrogen and oxygen atoms in total. The number of hydrogen-bond donors (Lipinski definition) is 0. The summed E-state index contributed by atoms with van der Waals surface area (Å²) in [6.45, 7) is 2.44. The molecule has 2 atom stereocenters. The first-order valence-corrected chi connectivity index (χ1v) is 9.31. The minimum absolute atomic E-state index is 0. The number of hydrogen-bond acceptors (Lipinski definition) is 0. The van der Waals surface area contributed by atoms with Crippen LogP contribution in [-0.4, -0.2) is 20.4 Å². The molecule has 0 fully saturated rings. The van der Waals surface area contributed by atoms with E-state index in [-0.39, 0.29) is 64.4 Å². The van der Waals surface area contributed by atoms with Gasteiger partial charge in [0.25, 0.3) is 0 Å². The zero-order valence-corrected chi connectivity index (χ0v) is 23.0. The van der Waals surface area contributed by atoms with Crippen LogP contribution in [0.1, 0.15) is 18.1 Å². The monoisotopic (exact) mass is 570 g/mol. The van der Waals surface area contributed by atoms with E-state index in [1.807, 2.05) is 0 Å². The van der Waals surface area contributed by atoms with Gasteiger partial charge in [-0.2, -0.15) is 13.6 Å². The molecule has 0 saturated heterocycles. The molecule has 2 unspecified atom stereocenters. The van der Waals surface area contributed by atoms with Gasteiger partial charge in [-0.25, -0.2) is 0 Å². The largest absolute Gasteiger partial charge is 0.424 e. The number of rotatable bonds is 5. The summed E-state index contributed by atoms with van der Waals surface area (Å²) in [6, 6.07) is 32.9. The third-order valence-corrected chi connectivity index (χ3v) is 6.66. The Kier molecular flexibility index (Phi) is 15.7. The number of halogens is 3. The first-order valence-electron chi connectivity index (χ1n) is 7.90. The number of benzene rings is 3. The van der Waals surface area contributed by atoms with Crippen LogP contribution in [0, 0.1) is 0 Å². The molecule has 0 saturated carbocycles. The van der Waals surface area contributed by atoms with Gasteiger partial charge in [0.05, 0.1) is 0 Å². The van der Waals surface area contributed by atoms with E-state index in [9.17, 15) is 0 Å². The van der Waals surface area contributed by atoms with Crippen molar-refractivity contribution in [3.63, 3.8) is 0 Å². The molecule has 0 N–H and O–H groups in total. The zero-order valence-electron chi connectivity index (χ0n) is 15.0. The molecular formula is C21H26Br3MgP. The highest BCUT2D eigenvalue weighted by atomic mass is 79.9. The summed E-state index contributed by atoms with van der Waals surface area (Å²) in [5, 5.41) is 0.